The van der Waals surface area contributed by atoms with Crippen molar-refractivity contribution in [2.75, 3.05) is 18.6 Å². The van der Waals surface area contributed by atoms with Crippen LogP contribution in [0.1, 0.15) is 24.2 Å². The fraction of sp³-hybridized carbons (Fsp3) is 0.375. The van der Waals surface area contributed by atoms with Crippen LogP contribution in [0.4, 0.5) is 5.82 Å². The molecule has 3 heterocycles. The van der Waals surface area contributed by atoms with E-state index in [0.29, 0.717) is 11.7 Å². The van der Waals surface area contributed by atoms with E-state index in [1.54, 1.807) is 13.4 Å². The van der Waals surface area contributed by atoms with E-state index >= 15 is 0 Å². The van der Waals surface area contributed by atoms with Crippen LogP contribution in [-0.4, -0.2) is 39.9 Å². The second-order valence-electron chi connectivity index (χ2n) is 5.80. The maximum absolute atomic E-state index is 5.58. The Kier molecular flexibility index (Phi) is 4.09. The summed E-state index contributed by atoms with van der Waals surface area (Å²) < 4.78 is 12.1. The normalized spacial score (nSPS) is 20.9. The molecule has 7 nitrogen and oxygen atoms in total. The first-order valence-corrected chi connectivity index (χ1v) is 8.73. The van der Waals surface area contributed by atoms with Gasteiger partial charge in [0.2, 0.25) is 5.89 Å². The molecule has 0 radical (unpaired) electrons. The smallest absolute Gasteiger partial charge is 0.249 e. The average Bonchev–Trinajstić information content (AvgIpc) is 3.20. The SMILES string of the molecule is COC1CC(c2nc(C)no2)N(c2ncnc3ccc(I)cc23)C1. The molecule has 2 aromatic heterocycles. The van der Waals surface area contributed by atoms with Gasteiger partial charge in [-0.25, -0.2) is 9.97 Å². The molecule has 1 aliphatic heterocycles. The molecule has 0 amide bonds. The van der Waals surface area contributed by atoms with Crippen LogP contribution in [0.3, 0.4) is 0 Å². The minimum absolute atomic E-state index is 0.0490. The van der Waals surface area contributed by atoms with Gasteiger partial charge < -0.3 is 14.2 Å². The molecule has 124 valence electrons. The Bertz CT molecular complexity index is 884. The van der Waals surface area contributed by atoms with Crippen LogP contribution in [0.25, 0.3) is 10.9 Å². The van der Waals surface area contributed by atoms with Crippen LogP contribution in [0.2, 0.25) is 0 Å². The Balaban J connectivity index is 1.82. The lowest BCUT2D eigenvalue weighted by Gasteiger charge is -2.23. The highest BCUT2D eigenvalue weighted by Crippen LogP contribution is 2.38. The Hall–Kier alpha value is -1.81. The van der Waals surface area contributed by atoms with Crippen molar-refractivity contribution >= 4 is 39.3 Å². The van der Waals surface area contributed by atoms with Gasteiger partial charge in [0.25, 0.3) is 0 Å². The van der Waals surface area contributed by atoms with Gasteiger partial charge in [-0.1, -0.05) is 5.16 Å². The van der Waals surface area contributed by atoms with E-state index in [4.69, 9.17) is 9.26 Å². The number of halogens is 1. The van der Waals surface area contributed by atoms with Crippen molar-refractivity contribution in [3.8, 4) is 0 Å². The monoisotopic (exact) mass is 437 g/mol. The molecule has 2 unspecified atom stereocenters. The fourth-order valence-electron chi connectivity index (χ4n) is 3.13. The molecule has 0 N–H and O–H groups in total. The van der Waals surface area contributed by atoms with E-state index in [2.05, 4.69) is 53.7 Å². The third kappa shape index (κ3) is 2.73. The lowest BCUT2D eigenvalue weighted by atomic mass is 10.2. The van der Waals surface area contributed by atoms with Crippen LogP contribution in [0.15, 0.2) is 29.0 Å². The summed E-state index contributed by atoms with van der Waals surface area (Å²) in [6.07, 6.45) is 2.48. The van der Waals surface area contributed by atoms with E-state index in [-0.39, 0.29) is 12.1 Å². The van der Waals surface area contributed by atoms with E-state index in [0.717, 1.165) is 33.3 Å². The number of fused-ring (bicyclic) bond motifs is 1. The van der Waals surface area contributed by atoms with E-state index in [1.807, 2.05) is 19.1 Å². The summed E-state index contributed by atoms with van der Waals surface area (Å²) >= 11 is 2.30. The number of nitrogens with zero attached hydrogens (tertiary/aromatic N) is 5. The summed E-state index contributed by atoms with van der Waals surface area (Å²) in [7, 11) is 1.73. The topological polar surface area (TPSA) is 77.2 Å². The second kappa shape index (κ2) is 6.25. The van der Waals surface area contributed by atoms with Gasteiger partial charge in [0.1, 0.15) is 18.2 Å². The molecule has 0 aliphatic carbocycles. The van der Waals surface area contributed by atoms with Gasteiger partial charge in [0.05, 0.1) is 11.6 Å². The number of hydrogen-bond acceptors (Lipinski definition) is 7. The predicted molar refractivity (Wildman–Crippen MR) is 96.8 cm³/mol. The van der Waals surface area contributed by atoms with Gasteiger partial charge in [-0.2, -0.15) is 4.98 Å². The molecule has 1 aromatic carbocycles. The van der Waals surface area contributed by atoms with Crippen molar-refractivity contribution in [1.29, 1.82) is 0 Å². The van der Waals surface area contributed by atoms with Gasteiger partial charge in [-0.05, 0) is 47.7 Å². The molecule has 0 bridgehead atoms. The standard InChI is InChI=1S/C16H16IN5O2/c1-9-20-16(24-21-9)14-6-11(23-2)7-22(14)15-12-5-10(17)3-4-13(12)18-8-19-15/h3-5,8,11,14H,6-7H2,1-2H3. The summed E-state index contributed by atoms with van der Waals surface area (Å²) in [6.45, 7) is 2.54. The number of hydrogen-bond donors (Lipinski definition) is 0. The van der Waals surface area contributed by atoms with Crippen molar-refractivity contribution in [2.45, 2.75) is 25.5 Å². The second-order valence-corrected chi connectivity index (χ2v) is 7.05. The number of rotatable bonds is 3. The van der Waals surface area contributed by atoms with Gasteiger partial charge >= 0.3 is 0 Å². The van der Waals surface area contributed by atoms with Crippen LogP contribution < -0.4 is 4.90 Å². The van der Waals surface area contributed by atoms with Crippen molar-refractivity contribution in [1.82, 2.24) is 20.1 Å². The van der Waals surface area contributed by atoms with Crippen LogP contribution in [0, 0.1) is 10.5 Å². The Morgan fingerprint density at radius 3 is 2.96 bits per heavy atom. The van der Waals surface area contributed by atoms with Gasteiger partial charge in [-0.15, -0.1) is 0 Å². The van der Waals surface area contributed by atoms with Crippen molar-refractivity contribution < 1.29 is 9.26 Å². The molecule has 2 atom stereocenters. The number of aromatic nitrogens is 4. The molecule has 0 saturated carbocycles. The number of benzene rings is 1. The average molecular weight is 437 g/mol. The summed E-state index contributed by atoms with van der Waals surface area (Å²) in [5.41, 5.74) is 0.918. The number of aryl methyl sites for hydroxylation is 1. The zero-order valence-electron chi connectivity index (χ0n) is 13.3. The van der Waals surface area contributed by atoms with Gasteiger partial charge in [0, 0.05) is 29.0 Å². The third-order valence-corrected chi connectivity index (χ3v) is 4.94. The van der Waals surface area contributed by atoms with Crippen LogP contribution in [0.5, 0.6) is 0 Å². The van der Waals surface area contributed by atoms with E-state index in [9.17, 15) is 0 Å². The van der Waals surface area contributed by atoms with Crippen molar-refractivity contribution in [3.63, 3.8) is 0 Å². The van der Waals surface area contributed by atoms with E-state index in [1.165, 1.54) is 0 Å². The number of anilines is 1. The first-order chi connectivity index (χ1) is 11.7. The molecule has 1 fully saturated rings. The molecule has 3 aromatic rings. The number of ether oxygens (including phenoxy) is 1. The summed E-state index contributed by atoms with van der Waals surface area (Å²) in [5.74, 6) is 2.11. The zero-order valence-corrected chi connectivity index (χ0v) is 15.5. The highest BCUT2D eigenvalue weighted by atomic mass is 127. The Labute approximate surface area is 152 Å². The maximum Gasteiger partial charge on any atom is 0.249 e. The zero-order chi connectivity index (χ0) is 16.7. The molecular weight excluding hydrogens is 421 g/mol. The predicted octanol–water partition coefficient (Wildman–Crippen LogP) is 2.89. The minimum Gasteiger partial charge on any atom is -0.380 e. The maximum atomic E-state index is 5.58. The first kappa shape index (κ1) is 15.7. The minimum atomic E-state index is -0.0490. The molecule has 1 saturated heterocycles. The summed E-state index contributed by atoms with van der Waals surface area (Å²) in [5, 5.41) is 4.95. The Morgan fingerprint density at radius 1 is 1.33 bits per heavy atom. The lowest BCUT2D eigenvalue weighted by molar-refractivity contribution is 0.117. The molecule has 24 heavy (non-hydrogen) atoms. The summed E-state index contributed by atoms with van der Waals surface area (Å²) in [6, 6.07) is 6.10. The molecule has 0 spiro atoms. The third-order valence-electron chi connectivity index (χ3n) is 4.27. The lowest BCUT2D eigenvalue weighted by Crippen LogP contribution is -2.26. The van der Waals surface area contributed by atoms with Crippen molar-refractivity contribution in [3.05, 3.63) is 39.8 Å². The van der Waals surface area contributed by atoms with Gasteiger partial charge in [-0.3, -0.25) is 0 Å². The summed E-state index contributed by atoms with van der Waals surface area (Å²) in [4.78, 5) is 15.5. The quantitative estimate of drug-likeness (QED) is 0.584. The van der Waals surface area contributed by atoms with Crippen molar-refractivity contribution in [2.24, 2.45) is 0 Å². The molecule has 8 heteroatoms. The largest absolute Gasteiger partial charge is 0.380 e. The van der Waals surface area contributed by atoms with E-state index < -0.39 is 0 Å². The number of methoxy groups -OCH3 is 1. The van der Waals surface area contributed by atoms with Gasteiger partial charge in [0.15, 0.2) is 5.82 Å². The first-order valence-electron chi connectivity index (χ1n) is 7.65. The molecular formula is C16H16IN5O2. The molecule has 4 rings (SSSR count). The Morgan fingerprint density at radius 2 is 2.21 bits per heavy atom. The highest BCUT2D eigenvalue weighted by molar-refractivity contribution is 14.1. The van der Waals surface area contributed by atoms with Crippen LogP contribution in [-0.2, 0) is 4.74 Å². The highest BCUT2D eigenvalue weighted by Gasteiger charge is 2.38. The molecule has 1 aliphatic rings. The fourth-order valence-corrected chi connectivity index (χ4v) is 3.62. The van der Waals surface area contributed by atoms with Crippen LogP contribution >= 0.6 is 22.6 Å².